The Hall–Kier alpha value is -1.63. The molecule has 0 aliphatic carbocycles. The lowest BCUT2D eigenvalue weighted by molar-refractivity contribution is -0.143. The Balaban J connectivity index is 0.00000420. The highest BCUT2D eigenvalue weighted by molar-refractivity contribution is 14.0. The number of rotatable bonds is 7. The summed E-state index contributed by atoms with van der Waals surface area (Å²) in [6, 6.07) is 3.48. The summed E-state index contributed by atoms with van der Waals surface area (Å²) in [6.07, 6.45) is -1.73. The van der Waals surface area contributed by atoms with E-state index in [1.54, 1.807) is 12.3 Å². The summed E-state index contributed by atoms with van der Waals surface area (Å²) in [4.78, 5) is 21.8. The Bertz CT molecular complexity index is 669. The summed E-state index contributed by atoms with van der Waals surface area (Å²) in [5.41, 5.74) is 1.00. The third kappa shape index (κ3) is 10.1. The highest BCUT2D eigenvalue weighted by Gasteiger charge is 2.34. The number of alkyl halides is 3. The van der Waals surface area contributed by atoms with Gasteiger partial charge < -0.3 is 16.0 Å². The predicted octanol–water partition coefficient (Wildman–Crippen LogP) is 2.53. The minimum Gasteiger partial charge on any atom is -0.357 e. The summed E-state index contributed by atoms with van der Waals surface area (Å²) in [5, 5.41) is 8.91. The number of nitrogens with zero attached hydrogens (tertiary/aromatic N) is 3. The molecule has 2 heterocycles. The molecule has 1 amide bonds. The molecule has 0 aromatic carbocycles. The number of hydrogen-bond donors (Lipinski definition) is 3. The molecule has 2 rings (SSSR count). The van der Waals surface area contributed by atoms with E-state index in [4.69, 9.17) is 0 Å². The summed E-state index contributed by atoms with van der Waals surface area (Å²) < 4.78 is 37.5. The molecule has 0 radical (unpaired) electrons. The zero-order valence-electron chi connectivity index (χ0n) is 16.6. The zero-order valence-corrected chi connectivity index (χ0v) is 18.9. The first kappa shape index (κ1) is 25.4. The molecular weight excluding hydrogens is 500 g/mol. The highest BCUT2D eigenvalue weighted by atomic mass is 127. The maximum absolute atomic E-state index is 12.5. The monoisotopic (exact) mass is 528 g/mol. The van der Waals surface area contributed by atoms with Gasteiger partial charge in [0.1, 0.15) is 5.82 Å². The van der Waals surface area contributed by atoms with Crippen molar-refractivity contribution in [2.24, 2.45) is 4.99 Å². The highest BCUT2D eigenvalue weighted by Crippen LogP contribution is 2.19. The number of halogens is 4. The number of anilines is 1. The van der Waals surface area contributed by atoms with E-state index in [9.17, 15) is 18.0 Å². The third-order valence-electron chi connectivity index (χ3n) is 4.15. The van der Waals surface area contributed by atoms with Crippen LogP contribution in [0.2, 0.25) is 0 Å². The number of carbonyl (C=O) groups excluding carboxylic acids is 1. The van der Waals surface area contributed by atoms with Crippen LogP contribution >= 0.6 is 24.0 Å². The fourth-order valence-corrected chi connectivity index (χ4v) is 2.88. The molecule has 0 spiro atoms. The van der Waals surface area contributed by atoms with E-state index >= 15 is 0 Å². The van der Waals surface area contributed by atoms with Crippen molar-refractivity contribution in [3.8, 4) is 0 Å². The lowest BCUT2D eigenvalue weighted by Crippen LogP contribution is -2.45. The molecule has 1 fully saturated rings. The number of amides is 1. The first-order chi connectivity index (χ1) is 13.2. The number of aliphatic imine (C=N–C) groups is 1. The Kier molecular flexibility index (Phi) is 10.6. The molecule has 29 heavy (non-hydrogen) atoms. The zero-order chi connectivity index (χ0) is 20.6. The van der Waals surface area contributed by atoms with E-state index in [1.807, 2.05) is 19.9 Å². The van der Waals surface area contributed by atoms with Gasteiger partial charge >= 0.3 is 6.18 Å². The topological polar surface area (TPSA) is 81.6 Å². The van der Waals surface area contributed by atoms with Crippen LogP contribution in [0.5, 0.6) is 0 Å². The van der Waals surface area contributed by atoms with Gasteiger partial charge in [0.15, 0.2) is 5.96 Å². The first-order valence-corrected chi connectivity index (χ1v) is 9.31. The molecule has 1 aliphatic heterocycles. The molecule has 1 atom stereocenters. The number of pyridine rings is 1. The van der Waals surface area contributed by atoms with Crippen molar-refractivity contribution in [2.45, 2.75) is 38.9 Å². The smallest absolute Gasteiger partial charge is 0.357 e. The van der Waals surface area contributed by atoms with Crippen molar-refractivity contribution in [1.82, 2.24) is 20.5 Å². The fourth-order valence-electron chi connectivity index (χ4n) is 2.88. The van der Waals surface area contributed by atoms with Crippen LogP contribution < -0.4 is 16.0 Å². The molecule has 7 nitrogen and oxygen atoms in total. The van der Waals surface area contributed by atoms with E-state index in [1.165, 1.54) is 4.90 Å². The second-order valence-corrected chi connectivity index (χ2v) is 6.76. The van der Waals surface area contributed by atoms with Crippen LogP contribution in [-0.2, 0) is 4.79 Å². The standard InChI is InChI=1S/C18H27F3N6O.HI/c1-3-22-17(25-14-7-9-27(11-14)12-18(19,20)21)23-8-6-16(28)26-15-5-4-13(2)10-24-15;/h4-5,10,14H,3,6-9,11-12H2,1-2H3,(H2,22,23,25)(H,24,26,28);1H. The van der Waals surface area contributed by atoms with Crippen LogP contribution in [0.15, 0.2) is 23.3 Å². The molecule has 1 aromatic rings. The quantitative estimate of drug-likeness (QED) is 0.288. The average molecular weight is 528 g/mol. The molecule has 11 heteroatoms. The Labute approximate surface area is 185 Å². The van der Waals surface area contributed by atoms with Gasteiger partial charge in [-0.1, -0.05) is 6.07 Å². The lowest BCUT2D eigenvalue weighted by atomic mass is 10.3. The Morgan fingerprint density at radius 3 is 2.76 bits per heavy atom. The third-order valence-corrected chi connectivity index (χ3v) is 4.15. The van der Waals surface area contributed by atoms with Crippen molar-refractivity contribution in [3.05, 3.63) is 23.9 Å². The van der Waals surface area contributed by atoms with Crippen molar-refractivity contribution in [3.63, 3.8) is 0 Å². The van der Waals surface area contributed by atoms with Gasteiger partial charge in [-0.2, -0.15) is 13.2 Å². The molecule has 164 valence electrons. The molecule has 1 saturated heterocycles. The van der Waals surface area contributed by atoms with Gasteiger partial charge in [-0.05, 0) is 31.9 Å². The van der Waals surface area contributed by atoms with Crippen LogP contribution in [-0.4, -0.2) is 66.7 Å². The normalized spacial score (nSPS) is 17.6. The Morgan fingerprint density at radius 2 is 2.14 bits per heavy atom. The minimum absolute atomic E-state index is 0. The van der Waals surface area contributed by atoms with Gasteiger partial charge in [-0.25, -0.2) is 4.98 Å². The summed E-state index contributed by atoms with van der Waals surface area (Å²) in [6.45, 7) is 4.49. The molecule has 0 saturated carbocycles. The number of likely N-dealkylation sites (tertiary alicyclic amines) is 1. The van der Waals surface area contributed by atoms with E-state index in [2.05, 4.69) is 25.9 Å². The van der Waals surface area contributed by atoms with Crippen molar-refractivity contribution in [1.29, 1.82) is 0 Å². The molecule has 1 aromatic heterocycles. The number of nitrogens with one attached hydrogen (secondary N) is 3. The second-order valence-electron chi connectivity index (χ2n) is 6.76. The minimum atomic E-state index is -4.19. The van der Waals surface area contributed by atoms with Gasteiger partial charge in [-0.15, -0.1) is 24.0 Å². The number of aromatic nitrogens is 1. The maximum atomic E-state index is 12.5. The number of guanidine groups is 1. The van der Waals surface area contributed by atoms with Crippen molar-refractivity contribution in [2.75, 3.05) is 38.0 Å². The van der Waals surface area contributed by atoms with E-state index in [-0.39, 0.29) is 48.9 Å². The van der Waals surface area contributed by atoms with E-state index < -0.39 is 12.7 Å². The van der Waals surface area contributed by atoms with E-state index in [0.29, 0.717) is 37.8 Å². The predicted molar refractivity (Wildman–Crippen MR) is 118 cm³/mol. The number of hydrogen-bond acceptors (Lipinski definition) is 4. The summed E-state index contributed by atoms with van der Waals surface area (Å²) in [7, 11) is 0. The molecule has 1 unspecified atom stereocenters. The van der Waals surface area contributed by atoms with Gasteiger partial charge in [0.05, 0.1) is 13.1 Å². The van der Waals surface area contributed by atoms with Gasteiger partial charge in [0, 0.05) is 38.3 Å². The second kappa shape index (κ2) is 12.2. The van der Waals surface area contributed by atoms with Crippen molar-refractivity contribution >= 4 is 41.7 Å². The van der Waals surface area contributed by atoms with Gasteiger partial charge in [-0.3, -0.25) is 14.7 Å². The molecule has 1 aliphatic rings. The van der Waals surface area contributed by atoms with Gasteiger partial charge in [0.2, 0.25) is 5.91 Å². The van der Waals surface area contributed by atoms with Crippen LogP contribution in [0.4, 0.5) is 19.0 Å². The molecular formula is C18H28F3IN6O. The maximum Gasteiger partial charge on any atom is 0.401 e. The largest absolute Gasteiger partial charge is 0.401 e. The van der Waals surface area contributed by atoms with Crippen LogP contribution in [0.3, 0.4) is 0 Å². The summed E-state index contributed by atoms with van der Waals surface area (Å²) in [5.74, 6) is 0.788. The van der Waals surface area contributed by atoms with Crippen LogP contribution in [0.1, 0.15) is 25.3 Å². The molecule has 3 N–H and O–H groups in total. The fraction of sp³-hybridized carbons (Fsp3) is 0.611. The van der Waals surface area contributed by atoms with Gasteiger partial charge in [0.25, 0.3) is 0 Å². The SMILES string of the molecule is CCNC(=NCCC(=O)Nc1ccc(C)cn1)NC1CCN(CC(F)(F)F)C1.I. The van der Waals surface area contributed by atoms with Crippen molar-refractivity contribution < 1.29 is 18.0 Å². The van der Waals surface area contributed by atoms with Crippen LogP contribution in [0, 0.1) is 6.92 Å². The number of carbonyl (C=O) groups is 1. The number of aryl methyl sites for hydroxylation is 1. The lowest BCUT2D eigenvalue weighted by Gasteiger charge is -2.19. The Morgan fingerprint density at radius 1 is 1.38 bits per heavy atom. The first-order valence-electron chi connectivity index (χ1n) is 9.31. The van der Waals surface area contributed by atoms with E-state index in [0.717, 1.165) is 5.56 Å². The average Bonchev–Trinajstić information content (AvgIpc) is 3.02. The molecule has 0 bridgehead atoms. The summed E-state index contributed by atoms with van der Waals surface area (Å²) >= 11 is 0. The van der Waals surface area contributed by atoms with Crippen LogP contribution in [0.25, 0.3) is 0 Å².